The number of benzene rings is 1. The van der Waals surface area contributed by atoms with E-state index >= 15 is 0 Å². The normalized spacial score (nSPS) is 12.8. The van der Waals surface area contributed by atoms with Gasteiger partial charge in [0.1, 0.15) is 5.82 Å². The van der Waals surface area contributed by atoms with Crippen molar-refractivity contribution in [3.63, 3.8) is 0 Å². The number of halogens is 1. The molecule has 1 nitrogen and oxygen atoms in total. The van der Waals surface area contributed by atoms with E-state index in [1.54, 1.807) is 6.07 Å². The Hall–Kier alpha value is -0.540. The molecule has 0 amide bonds. The Labute approximate surface area is 102 Å². The fourth-order valence-corrected chi connectivity index (χ4v) is 2.44. The van der Waals surface area contributed by atoms with Crippen LogP contribution < -0.4 is 5.32 Å². The second-order valence-corrected chi connectivity index (χ2v) is 5.11. The molecule has 0 saturated carbocycles. The van der Waals surface area contributed by atoms with Gasteiger partial charge >= 0.3 is 0 Å². The van der Waals surface area contributed by atoms with Crippen LogP contribution in [0, 0.1) is 12.7 Å². The predicted molar refractivity (Wildman–Crippen MR) is 70.6 cm³/mol. The second kappa shape index (κ2) is 6.92. The van der Waals surface area contributed by atoms with Crippen molar-refractivity contribution in [2.45, 2.75) is 26.8 Å². The van der Waals surface area contributed by atoms with Crippen LogP contribution in [0.4, 0.5) is 4.39 Å². The lowest BCUT2D eigenvalue weighted by molar-refractivity contribution is 0.545. The highest BCUT2D eigenvalue weighted by atomic mass is 32.2. The Morgan fingerprint density at radius 3 is 2.75 bits per heavy atom. The van der Waals surface area contributed by atoms with E-state index in [1.807, 2.05) is 30.8 Å². The van der Waals surface area contributed by atoms with Crippen LogP contribution in [0.1, 0.15) is 31.0 Å². The van der Waals surface area contributed by atoms with Gasteiger partial charge in [0.05, 0.1) is 0 Å². The maximum absolute atomic E-state index is 13.7. The molecule has 1 rings (SSSR count). The van der Waals surface area contributed by atoms with Crippen molar-refractivity contribution in [1.82, 2.24) is 5.32 Å². The standard InChI is InChI=1S/C13H20FNS/c1-4-15-13(9-16-5-2)11-8-10(3)6-7-12(11)14/h6-8,13,15H,4-5,9H2,1-3H3. The van der Waals surface area contributed by atoms with Crippen molar-refractivity contribution in [1.29, 1.82) is 0 Å². The van der Waals surface area contributed by atoms with Crippen LogP contribution in [0.3, 0.4) is 0 Å². The number of aryl methyl sites for hydroxylation is 1. The minimum absolute atomic E-state index is 0.103. The zero-order valence-corrected chi connectivity index (χ0v) is 11.0. The Kier molecular flexibility index (Phi) is 5.85. The topological polar surface area (TPSA) is 12.0 Å². The second-order valence-electron chi connectivity index (χ2n) is 3.79. The van der Waals surface area contributed by atoms with E-state index in [9.17, 15) is 4.39 Å². The molecular formula is C13H20FNS. The SMILES string of the molecule is CCNC(CSCC)c1cc(C)ccc1F. The van der Waals surface area contributed by atoms with Gasteiger partial charge in [0.2, 0.25) is 0 Å². The first-order valence-electron chi connectivity index (χ1n) is 5.76. The molecule has 0 aliphatic carbocycles. The lowest BCUT2D eigenvalue weighted by Crippen LogP contribution is -2.24. The van der Waals surface area contributed by atoms with E-state index in [2.05, 4.69) is 19.2 Å². The van der Waals surface area contributed by atoms with Crippen LogP contribution in [0.5, 0.6) is 0 Å². The fourth-order valence-electron chi connectivity index (χ4n) is 1.67. The number of rotatable bonds is 6. The summed E-state index contributed by atoms with van der Waals surface area (Å²) in [6.07, 6.45) is 0. The maximum Gasteiger partial charge on any atom is 0.128 e. The number of hydrogen-bond donors (Lipinski definition) is 1. The van der Waals surface area contributed by atoms with E-state index in [0.29, 0.717) is 0 Å². The van der Waals surface area contributed by atoms with E-state index in [0.717, 1.165) is 29.2 Å². The molecule has 0 aliphatic heterocycles. The quantitative estimate of drug-likeness (QED) is 0.817. The van der Waals surface area contributed by atoms with E-state index in [-0.39, 0.29) is 11.9 Å². The Bertz CT molecular complexity index is 328. The van der Waals surface area contributed by atoms with Gasteiger partial charge in [-0.1, -0.05) is 31.5 Å². The van der Waals surface area contributed by atoms with Gasteiger partial charge in [-0.05, 0) is 25.3 Å². The van der Waals surface area contributed by atoms with Gasteiger partial charge in [0, 0.05) is 17.4 Å². The highest BCUT2D eigenvalue weighted by Crippen LogP contribution is 2.22. The summed E-state index contributed by atoms with van der Waals surface area (Å²) in [6.45, 7) is 7.04. The van der Waals surface area contributed by atoms with Gasteiger partial charge in [-0.2, -0.15) is 11.8 Å². The van der Waals surface area contributed by atoms with Crippen molar-refractivity contribution in [3.8, 4) is 0 Å². The van der Waals surface area contributed by atoms with Gasteiger partial charge in [-0.25, -0.2) is 4.39 Å². The van der Waals surface area contributed by atoms with Crippen molar-refractivity contribution >= 4 is 11.8 Å². The largest absolute Gasteiger partial charge is 0.309 e. The van der Waals surface area contributed by atoms with Crippen LogP contribution in [0.2, 0.25) is 0 Å². The third-order valence-electron chi connectivity index (χ3n) is 2.47. The van der Waals surface area contributed by atoms with E-state index < -0.39 is 0 Å². The minimum atomic E-state index is -0.103. The molecule has 3 heteroatoms. The van der Waals surface area contributed by atoms with Gasteiger partial charge in [-0.3, -0.25) is 0 Å². The lowest BCUT2D eigenvalue weighted by Gasteiger charge is -2.18. The maximum atomic E-state index is 13.7. The summed E-state index contributed by atoms with van der Waals surface area (Å²) in [5.74, 6) is 1.88. The summed E-state index contributed by atoms with van der Waals surface area (Å²) in [7, 11) is 0. The molecule has 1 aromatic rings. The third-order valence-corrected chi connectivity index (χ3v) is 3.44. The van der Waals surface area contributed by atoms with Crippen LogP contribution in [-0.4, -0.2) is 18.1 Å². The third kappa shape index (κ3) is 3.80. The first kappa shape index (κ1) is 13.5. The van der Waals surface area contributed by atoms with Crippen LogP contribution >= 0.6 is 11.8 Å². The van der Waals surface area contributed by atoms with E-state index in [1.165, 1.54) is 0 Å². The van der Waals surface area contributed by atoms with Crippen molar-refractivity contribution < 1.29 is 4.39 Å². The first-order valence-corrected chi connectivity index (χ1v) is 6.91. The summed E-state index contributed by atoms with van der Waals surface area (Å²) in [5.41, 5.74) is 1.91. The summed E-state index contributed by atoms with van der Waals surface area (Å²) in [4.78, 5) is 0. The van der Waals surface area contributed by atoms with Gasteiger partial charge in [0.15, 0.2) is 0 Å². The predicted octanol–water partition coefficient (Wildman–Crippen LogP) is 3.54. The molecule has 0 saturated heterocycles. The fraction of sp³-hybridized carbons (Fsp3) is 0.538. The van der Waals surface area contributed by atoms with Crippen molar-refractivity contribution in [2.75, 3.05) is 18.1 Å². The number of thioether (sulfide) groups is 1. The molecule has 1 N–H and O–H groups in total. The Morgan fingerprint density at radius 1 is 1.38 bits per heavy atom. The molecule has 16 heavy (non-hydrogen) atoms. The smallest absolute Gasteiger partial charge is 0.128 e. The zero-order chi connectivity index (χ0) is 12.0. The monoisotopic (exact) mass is 241 g/mol. The molecule has 1 atom stereocenters. The summed E-state index contributed by atoms with van der Waals surface area (Å²) >= 11 is 1.84. The average Bonchev–Trinajstić information content (AvgIpc) is 2.28. The van der Waals surface area contributed by atoms with Gasteiger partial charge < -0.3 is 5.32 Å². The molecule has 1 unspecified atom stereocenters. The van der Waals surface area contributed by atoms with Crippen LogP contribution in [0.25, 0.3) is 0 Å². The highest BCUT2D eigenvalue weighted by Gasteiger charge is 2.14. The molecule has 0 spiro atoms. The number of hydrogen-bond acceptors (Lipinski definition) is 2. The zero-order valence-electron chi connectivity index (χ0n) is 10.2. The summed E-state index contributed by atoms with van der Waals surface area (Å²) in [6, 6.07) is 5.44. The average molecular weight is 241 g/mol. The highest BCUT2D eigenvalue weighted by molar-refractivity contribution is 7.99. The van der Waals surface area contributed by atoms with Gasteiger partial charge in [-0.15, -0.1) is 0 Å². The molecule has 0 bridgehead atoms. The Morgan fingerprint density at radius 2 is 2.12 bits per heavy atom. The minimum Gasteiger partial charge on any atom is -0.309 e. The molecule has 0 fully saturated rings. The summed E-state index contributed by atoms with van der Waals surface area (Å²) < 4.78 is 13.7. The molecule has 0 aromatic heterocycles. The lowest BCUT2D eigenvalue weighted by atomic mass is 10.0. The molecule has 90 valence electrons. The molecule has 0 radical (unpaired) electrons. The summed E-state index contributed by atoms with van der Waals surface area (Å²) in [5, 5.41) is 3.34. The molecular weight excluding hydrogens is 221 g/mol. The van der Waals surface area contributed by atoms with Crippen LogP contribution in [-0.2, 0) is 0 Å². The molecule has 1 aromatic carbocycles. The van der Waals surface area contributed by atoms with Crippen molar-refractivity contribution in [2.24, 2.45) is 0 Å². The first-order chi connectivity index (χ1) is 7.69. The Balaban J connectivity index is 2.85. The van der Waals surface area contributed by atoms with Gasteiger partial charge in [0.25, 0.3) is 0 Å². The molecule has 0 aliphatic rings. The van der Waals surface area contributed by atoms with E-state index in [4.69, 9.17) is 0 Å². The number of nitrogens with one attached hydrogen (secondary N) is 1. The van der Waals surface area contributed by atoms with Crippen LogP contribution in [0.15, 0.2) is 18.2 Å². The molecule has 0 heterocycles. The van der Waals surface area contributed by atoms with Crippen molar-refractivity contribution in [3.05, 3.63) is 35.1 Å².